The molecule has 0 fully saturated rings. The average molecular weight is 430 g/mol. The van der Waals surface area contributed by atoms with Crippen molar-refractivity contribution in [3.8, 4) is 0 Å². The number of carbonyl (C=O) groups is 2. The Balaban J connectivity index is 0.000000401. The number of rotatable bonds is 4. The van der Waals surface area contributed by atoms with Crippen LogP contribution in [0.15, 0.2) is 121 Å². The number of hydrogen-bond acceptors (Lipinski definition) is 2. The van der Waals surface area contributed by atoms with E-state index in [9.17, 15) is 0 Å². The predicted octanol–water partition coefficient (Wildman–Crippen LogP) is 3.19. The molecule has 0 radical (unpaired) electrons. The summed E-state index contributed by atoms with van der Waals surface area (Å²) in [6, 6.07) is 44.0. The zero-order valence-electron chi connectivity index (χ0n) is 16.8. The van der Waals surface area contributed by atoms with Crippen LogP contribution < -0.4 is 21.2 Å². The van der Waals surface area contributed by atoms with Gasteiger partial charge < -0.3 is 10.2 Å². The molecule has 4 aromatic carbocycles. The van der Waals surface area contributed by atoms with E-state index in [2.05, 4.69) is 121 Å². The molecule has 0 aliphatic carbocycles. The van der Waals surface area contributed by atoms with Crippen LogP contribution in [0.4, 0.5) is 0 Å². The fourth-order valence-corrected chi connectivity index (χ4v) is 8.52. The third-order valence-corrected chi connectivity index (χ3v) is 9.81. The van der Waals surface area contributed by atoms with Gasteiger partial charge in [0.05, 0.1) is 0 Å². The standard InChI is InChI=1S/C24H21P.C2H2O4/c1-5-13-21(14-6-1)25(22-15-7-2-8-16-22,23-17-9-3-10-18-23)24-19-11-4-12-20-24;3-1(4)2(5)6/h1-20,25H;(H,3,4)(H,5,6). The van der Waals surface area contributed by atoms with Gasteiger partial charge in [0.1, 0.15) is 0 Å². The zero-order valence-corrected chi connectivity index (χ0v) is 17.8. The van der Waals surface area contributed by atoms with Gasteiger partial charge in [-0.1, -0.05) is 0 Å². The quantitative estimate of drug-likeness (QED) is 0.385. The molecule has 4 rings (SSSR count). The molecule has 0 heterocycles. The maximum absolute atomic E-state index is 9.10. The number of carboxylic acid groups (broad SMARTS) is 2. The van der Waals surface area contributed by atoms with Crippen LogP contribution >= 0.6 is 7.26 Å². The molecule has 4 nitrogen and oxygen atoms in total. The first-order chi connectivity index (χ1) is 15.1. The average Bonchev–Trinajstić information content (AvgIpc) is 2.83. The third-order valence-electron chi connectivity index (χ3n) is 5.01. The van der Waals surface area contributed by atoms with E-state index in [4.69, 9.17) is 19.8 Å². The summed E-state index contributed by atoms with van der Waals surface area (Å²) in [5.41, 5.74) is 0. The second-order valence-corrected chi connectivity index (χ2v) is 10.6. The van der Waals surface area contributed by atoms with Crippen molar-refractivity contribution in [2.75, 3.05) is 0 Å². The van der Waals surface area contributed by atoms with Crippen LogP contribution in [0.1, 0.15) is 0 Å². The van der Waals surface area contributed by atoms with Crippen molar-refractivity contribution >= 4 is 40.4 Å². The van der Waals surface area contributed by atoms with Crippen molar-refractivity contribution in [1.29, 1.82) is 0 Å². The van der Waals surface area contributed by atoms with E-state index in [1.54, 1.807) is 0 Å². The van der Waals surface area contributed by atoms with Crippen LogP contribution in [0.3, 0.4) is 0 Å². The summed E-state index contributed by atoms with van der Waals surface area (Å²) in [5, 5.41) is 20.4. The molecule has 0 aliphatic heterocycles. The SMILES string of the molecule is O=C(O)C(=O)O.c1ccc([PH](c2ccccc2)(c2ccccc2)c2ccccc2)cc1. The second-order valence-electron chi connectivity index (χ2n) is 6.82. The number of carboxylic acids is 2. The molecule has 0 atom stereocenters. The van der Waals surface area contributed by atoms with Gasteiger partial charge in [0.25, 0.3) is 0 Å². The molecule has 0 aromatic heterocycles. The molecule has 0 spiro atoms. The fraction of sp³-hybridized carbons (Fsp3) is 0. The third kappa shape index (κ3) is 4.88. The van der Waals surface area contributed by atoms with Crippen LogP contribution in [0.2, 0.25) is 0 Å². The molecule has 0 unspecified atom stereocenters. The Labute approximate surface area is 181 Å². The van der Waals surface area contributed by atoms with Gasteiger partial charge in [-0.2, -0.15) is 0 Å². The van der Waals surface area contributed by atoms with Crippen molar-refractivity contribution in [1.82, 2.24) is 0 Å². The molecule has 5 heteroatoms. The van der Waals surface area contributed by atoms with Crippen molar-refractivity contribution < 1.29 is 19.8 Å². The van der Waals surface area contributed by atoms with Gasteiger partial charge in [-0.3, -0.25) is 0 Å². The maximum atomic E-state index is 9.10. The first-order valence-corrected chi connectivity index (χ1v) is 11.7. The number of hydrogen-bond donors (Lipinski definition) is 2. The number of aliphatic carboxylic acids is 2. The zero-order chi connectivity index (χ0) is 22.1. The Morgan fingerprint density at radius 1 is 0.419 bits per heavy atom. The number of benzene rings is 4. The van der Waals surface area contributed by atoms with E-state index < -0.39 is 19.2 Å². The molecular weight excluding hydrogens is 407 g/mol. The van der Waals surface area contributed by atoms with E-state index in [1.165, 1.54) is 21.2 Å². The molecule has 31 heavy (non-hydrogen) atoms. The molecule has 0 saturated heterocycles. The van der Waals surface area contributed by atoms with Gasteiger partial charge in [0.2, 0.25) is 0 Å². The van der Waals surface area contributed by atoms with E-state index in [1.807, 2.05) is 0 Å². The van der Waals surface area contributed by atoms with Crippen LogP contribution in [-0.4, -0.2) is 22.2 Å². The monoisotopic (exact) mass is 430 g/mol. The summed E-state index contributed by atoms with van der Waals surface area (Å²) in [6.07, 6.45) is 0. The fourth-order valence-electron chi connectivity index (χ4n) is 3.75. The second kappa shape index (κ2) is 10.3. The predicted molar refractivity (Wildman–Crippen MR) is 128 cm³/mol. The summed E-state index contributed by atoms with van der Waals surface area (Å²) < 4.78 is 0. The molecule has 2 N–H and O–H groups in total. The normalized spacial score (nSPS) is 11.0. The topological polar surface area (TPSA) is 74.6 Å². The molecule has 0 bridgehead atoms. The van der Waals surface area contributed by atoms with Gasteiger partial charge in [0, 0.05) is 0 Å². The Hall–Kier alpha value is -3.75. The van der Waals surface area contributed by atoms with Crippen LogP contribution in [-0.2, 0) is 9.59 Å². The molecular formula is C26H23O4P. The van der Waals surface area contributed by atoms with Gasteiger partial charge in [-0.25, -0.2) is 9.59 Å². The summed E-state index contributed by atoms with van der Waals surface area (Å²) in [7, 11) is -2.30. The van der Waals surface area contributed by atoms with Crippen LogP contribution in [0.25, 0.3) is 0 Å². The molecule has 4 aromatic rings. The molecule has 156 valence electrons. The van der Waals surface area contributed by atoms with Crippen molar-refractivity contribution in [2.24, 2.45) is 0 Å². The van der Waals surface area contributed by atoms with Crippen LogP contribution in [0.5, 0.6) is 0 Å². The van der Waals surface area contributed by atoms with Gasteiger partial charge >= 0.3 is 162 Å². The summed E-state index contributed by atoms with van der Waals surface area (Å²) >= 11 is 0. The molecule has 0 saturated carbocycles. The Bertz CT molecular complexity index is 940. The summed E-state index contributed by atoms with van der Waals surface area (Å²) in [4.78, 5) is 18.2. The first kappa shape index (κ1) is 21.9. The summed E-state index contributed by atoms with van der Waals surface area (Å²) in [5.74, 6) is -3.65. The Morgan fingerprint density at radius 2 is 0.613 bits per heavy atom. The van der Waals surface area contributed by atoms with E-state index in [0.717, 1.165) is 0 Å². The Morgan fingerprint density at radius 3 is 0.774 bits per heavy atom. The molecule has 0 amide bonds. The van der Waals surface area contributed by atoms with E-state index in [0.29, 0.717) is 0 Å². The van der Waals surface area contributed by atoms with E-state index in [-0.39, 0.29) is 0 Å². The minimum atomic E-state index is -2.30. The van der Waals surface area contributed by atoms with Crippen LogP contribution in [0, 0.1) is 0 Å². The van der Waals surface area contributed by atoms with Gasteiger partial charge in [-0.15, -0.1) is 0 Å². The Kier molecular flexibility index (Phi) is 7.31. The van der Waals surface area contributed by atoms with E-state index >= 15 is 0 Å². The van der Waals surface area contributed by atoms with Gasteiger partial charge in [0.15, 0.2) is 0 Å². The molecule has 0 aliphatic rings. The van der Waals surface area contributed by atoms with Crippen molar-refractivity contribution in [3.63, 3.8) is 0 Å². The summed E-state index contributed by atoms with van der Waals surface area (Å²) in [6.45, 7) is 0. The first-order valence-electron chi connectivity index (χ1n) is 9.75. The van der Waals surface area contributed by atoms with Gasteiger partial charge in [-0.05, 0) is 0 Å². The minimum absolute atomic E-state index is 1.42. The van der Waals surface area contributed by atoms with Crippen molar-refractivity contribution in [3.05, 3.63) is 121 Å². The van der Waals surface area contributed by atoms with Crippen molar-refractivity contribution in [2.45, 2.75) is 0 Å².